The van der Waals surface area contributed by atoms with Crippen LogP contribution < -0.4 is 5.32 Å². The topological polar surface area (TPSA) is 69.6 Å². The first-order chi connectivity index (χ1) is 12.0. The number of amides is 1. The zero-order chi connectivity index (χ0) is 18.5. The van der Waals surface area contributed by atoms with E-state index in [0.717, 1.165) is 19.3 Å². The first-order valence-electron chi connectivity index (χ1n) is 9.63. The van der Waals surface area contributed by atoms with Crippen LogP contribution in [0.25, 0.3) is 0 Å². The second kappa shape index (κ2) is 12.0. The highest BCUT2D eigenvalue weighted by molar-refractivity contribution is 5.73. The lowest BCUT2D eigenvalue weighted by atomic mass is 9.92. The van der Waals surface area contributed by atoms with Crippen LogP contribution in [0.2, 0.25) is 0 Å². The minimum atomic E-state index is -0.912. The molecule has 0 heterocycles. The van der Waals surface area contributed by atoms with Gasteiger partial charge in [-0.3, -0.25) is 4.79 Å². The van der Waals surface area contributed by atoms with Gasteiger partial charge >= 0.3 is 0 Å². The molecule has 1 aromatic rings. The third-order valence-corrected chi connectivity index (χ3v) is 4.76. The van der Waals surface area contributed by atoms with Crippen molar-refractivity contribution in [3.63, 3.8) is 0 Å². The van der Waals surface area contributed by atoms with Gasteiger partial charge in [-0.25, -0.2) is 0 Å². The van der Waals surface area contributed by atoms with Crippen molar-refractivity contribution in [2.24, 2.45) is 0 Å². The summed E-state index contributed by atoms with van der Waals surface area (Å²) in [6.07, 6.45) is 9.89. The van der Waals surface area contributed by atoms with Crippen molar-refractivity contribution >= 4 is 5.91 Å². The van der Waals surface area contributed by atoms with E-state index in [9.17, 15) is 15.0 Å². The van der Waals surface area contributed by atoms with Gasteiger partial charge in [0.1, 0.15) is 0 Å². The number of aryl methyl sites for hydroxylation is 2. The fourth-order valence-corrected chi connectivity index (χ4v) is 3.16. The molecule has 0 aliphatic rings. The molecule has 0 atom stereocenters. The van der Waals surface area contributed by atoms with Crippen molar-refractivity contribution in [2.75, 3.05) is 13.2 Å². The maximum Gasteiger partial charge on any atom is 0.217 e. The molecule has 0 saturated carbocycles. The Morgan fingerprint density at radius 3 is 1.92 bits per heavy atom. The van der Waals surface area contributed by atoms with E-state index < -0.39 is 5.54 Å². The van der Waals surface area contributed by atoms with Crippen molar-refractivity contribution in [1.82, 2.24) is 5.32 Å². The summed E-state index contributed by atoms with van der Waals surface area (Å²) in [7, 11) is 0. The fourth-order valence-electron chi connectivity index (χ4n) is 3.16. The van der Waals surface area contributed by atoms with Crippen molar-refractivity contribution < 1.29 is 15.0 Å². The fraction of sp³-hybridized carbons (Fsp3) is 0.667. The van der Waals surface area contributed by atoms with Crippen LogP contribution in [-0.2, 0) is 17.6 Å². The van der Waals surface area contributed by atoms with E-state index >= 15 is 0 Å². The molecule has 0 spiro atoms. The Bertz CT molecular complexity index is 480. The first-order valence-corrected chi connectivity index (χ1v) is 9.63. The van der Waals surface area contributed by atoms with Crippen LogP contribution in [0.1, 0.15) is 69.9 Å². The van der Waals surface area contributed by atoms with Crippen LogP contribution in [0, 0.1) is 0 Å². The van der Waals surface area contributed by atoms with Gasteiger partial charge < -0.3 is 15.5 Å². The molecule has 0 aliphatic carbocycles. The molecule has 0 unspecified atom stereocenters. The van der Waals surface area contributed by atoms with Crippen molar-refractivity contribution in [1.29, 1.82) is 0 Å². The molecular weight excluding hydrogens is 314 g/mol. The number of benzene rings is 1. The quantitative estimate of drug-likeness (QED) is 0.478. The summed E-state index contributed by atoms with van der Waals surface area (Å²) in [4.78, 5) is 11.3. The SMILES string of the molecule is CCCCCCCc1ccc(CCCC(CO)(CO)NC(C)=O)cc1. The van der Waals surface area contributed by atoms with E-state index in [4.69, 9.17) is 0 Å². The molecule has 25 heavy (non-hydrogen) atoms. The Balaban J connectivity index is 2.38. The van der Waals surface area contributed by atoms with Gasteiger partial charge in [-0.2, -0.15) is 0 Å². The smallest absolute Gasteiger partial charge is 0.217 e. The van der Waals surface area contributed by atoms with Crippen LogP contribution in [0.15, 0.2) is 24.3 Å². The van der Waals surface area contributed by atoms with E-state index in [-0.39, 0.29) is 19.1 Å². The standard InChI is InChI=1S/C21H35NO3/c1-3-4-5-6-7-9-19-11-13-20(14-12-19)10-8-15-21(16-23,17-24)22-18(2)25/h11-14,23-24H,3-10,15-17H2,1-2H3,(H,22,25). The Labute approximate surface area is 152 Å². The highest BCUT2D eigenvalue weighted by Crippen LogP contribution is 2.16. The molecule has 142 valence electrons. The minimum absolute atomic E-state index is 0.230. The second-order valence-electron chi connectivity index (χ2n) is 7.11. The second-order valence-corrected chi connectivity index (χ2v) is 7.11. The zero-order valence-electron chi connectivity index (χ0n) is 15.9. The number of unbranched alkanes of at least 4 members (excludes halogenated alkanes) is 4. The number of nitrogens with one attached hydrogen (secondary N) is 1. The average molecular weight is 350 g/mol. The Morgan fingerprint density at radius 1 is 0.920 bits per heavy atom. The molecule has 0 radical (unpaired) electrons. The molecule has 1 rings (SSSR count). The number of carbonyl (C=O) groups excluding carboxylic acids is 1. The molecule has 0 aliphatic heterocycles. The molecule has 0 saturated heterocycles. The maximum absolute atomic E-state index is 11.3. The summed E-state index contributed by atoms with van der Waals surface area (Å²) in [6, 6.07) is 8.74. The van der Waals surface area contributed by atoms with E-state index in [1.807, 2.05) is 0 Å². The van der Waals surface area contributed by atoms with E-state index in [0.29, 0.717) is 6.42 Å². The van der Waals surface area contributed by atoms with Crippen molar-refractivity contribution in [2.45, 2.75) is 77.2 Å². The number of hydrogen-bond donors (Lipinski definition) is 3. The number of rotatable bonds is 13. The third-order valence-electron chi connectivity index (χ3n) is 4.76. The Morgan fingerprint density at radius 2 is 1.44 bits per heavy atom. The predicted molar refractivity (Wildman–Crippen MR) is 103 cm³/mol. The Kier molecular flexibility index (Phi) is 10.4. The van der Waals surface area contributed by atoms with Crippen LogP contribution in [0.5, 0.6) is 0 Å². The van der Waals surface area contributed by atoms with E-state index in [1.54, 1.807) is 0 Å². The summed E-state index contributed by atoms with van der Waals surface area (Å²) in [5.41, 5.74) is 1.73. The molecule has 1 amide bonds. The van der Waals surface area contributed by atoms with E-state index in [1.165, 1.54) is 50.2 Å². The molecule has 1 aromatic carbocycles. The van der Waals surface area contributed by atoms with Crippen LogP contribution >= 0.6 is 0 Å². The van der Waals surface area contributed by atoms with Gasteiger partial charge in [-0.15, -0.1) is 0 Å². The summed E-state index contributed by atoms with van der Waals surface area (Å²) >= 11 is 0. The highest BCUT2D eigenvalue weighted by atomic mass is 16.3. The minimum Gasteiger partial charge on any atom is -0.394 e. The Hall–Kier alpha value is -1.39. The normalized spacial score (nSPS) is 11.5. The molecular formula is C21H35NO3. The van der Waals surface area contributed by atoms with Crippen molar-refractivity contribution in [3.8, 4) is 0 Å². The number of hydrogen-bond acceptors (Lipinski definition) is 3. The molecule has 4 nitrogen and oxygen atoms in total. The van der Waals surface area contributed by atoms with Crippen molar-refractivity contribution in [3.05, 3.63) is 35.4 Å². The van der Waals surface area contributed by atoms with Gasteiger partial charge in [0.05, 0.1) is 18.8 Å². The third kappa shape index (κ3) is 8.50. The lowest BCUT2D eigenvalue weighted by Gasteiger charge is -2.30. The molecule has 0 bridgehead atoms. The first kappa shape index (κ1) is 21.7. The largest absolute Gasteiger partial charge is 0.394 e. The highest BCUT2D eigenvalue weighted by Gasteiger charge is 2.28. The molecule has 3 N–H and O–H groups in total. The van der Waals surface area contributed by atoms with Gasteiger partial charge in [0.15, 0.2) is 0 Å². The molecule has 4 heteroatoms. The van der Waals surface area contributed by atoms with Crippen LogP contribution in [0.4, 0.5) is 0 Å². The van der Waals surface area contributed by atoms with Gasteiger partial charge in [0.2, 0.25) is 5.91 Å². The average Bonchev–Trinajstić information content (AvgIpc) is 2.61. The monoisotopic (exact) mass is 349 g/mol. The lowest BCUT2D eigenvalue weighted by Crippen LogP contribution is -2.53. The van der Waals surface area contributed by atoms with E-state index in [2.05, 4.69) is 36.5 Å². The van der Waals surface area contributed by atoms with Crippen LogP contribution in [-0.4, -0.2) is 34.9 Å². The lowest BCUT2D eigenvalue weighted by molar-refractivity contribution is -0.122. The summed E-state index contributed by atoms with van der Waals surface area (Å²) in [5.74, 6) is -0.230. The van der Waals surface area contributed by atoms with Gasteiger partial charge in [0, 0.05) is 6.92 Å². The summed E-state index contributed by atoms with van der Waals surface area (Å²) in [5, 5.41) is 21.7. The zero-order valence-corrected chi connectivity index (χ0v) is 15.9. The maximum atomic E-state index is 11.3. The summed E-state index contributed by atoms with van der Waals surface area (Å²) < 4.78 is 0. The van der Waals surface area contributed by atoms with Gasteiger partial charge in [-0.05, 0) is 43.2 Å². The molecule has 0 aromatic heterocycles. The predicted octanol–water partition coefficient (Wildman–Crippen LogP) is 3.38. The summed E-state index contributed by atoms with van der Waals surface area (Å²) in [6.45, 7) is 3.14. The number of carbonyl (C=O) groups is 1. The van der Waals surface area contributed by atoms with Crippen LogP contribution in [0.3, 0.4) is 0 Å². The van der Waals surface area contributed by atoms with Gasteiger partial charge in [-0.1, -0.05) is 56.9 Å². The number of aliphatic hydroxyl groups excluding tert-OH is 2. The number of aliphatic hydroxyl groups is 2. The molecule has 0 fully saturated rings. The van der Waals surface area contributed by atoms with Gasteiger partial charge in [0.25, 0.3) is 0 Å².